The van der Waals surface area contributed by atoms with Gasteiger partial charge in [-0.1, -0.05) is 19.8 Å². The fourth-order valence-corrected chi connectivity index (χ4v) is 2.15. The monoisotopic (exact) mass is 207 g/mol. The standard InChI is InChI=1S/C14H25N/c1-3-4-8-14(12-15-2)11-13-9-6-5-7-10-13/h15H,3-10,12H2,1-2H3. The zero-order valence-corrected chi connectivity index (χ0v) is 10.4. The molecular weight excluding hydrogens is 182 g/mol. The van der Waals surface area contributed by atoms with Crippen LogP contribution in [0.3, 0.4) is 0 Å². The zero-order valence-electron chi connectivity index (χ0n) is 10.4. The van der Waals surface area contributed by atoms with E-state index in [0.29, 0.717) is 0 Å². The molecule has 0 aromatic rings. The van der Waals surface area contributed by atoms with E-state index < -0.39 is 0 Å². The van der Waals surface area contributed by atoms with E-state index in [4.69, 9.17) is 0 Å². The van der Waals surface area contributed by atoms with Crippen LogP contribution < -0.4 is 5.32 Å². The van der Waals surface area contributed by atoms with Crippen molar-refractivity contribution in [1.29, 1.82) is 0 Å². The van der Waals surface area contributed by atoms with Gasteiger partial charge >= 0.3 is 0 Å². The van der Waals surface area contributed by atoms with Crippen LogP contribution in [-0.2, 0) is 0 Å². The Labute approximate surface area is 94.6 Å². The van der Waals surface area contributed by atoms with E-state index in [-0.39, 0.29) is 0 Å². The third kappa shape index (κ3) is 5.20. The van der Waals surface area contributed by atoms with Crippen LogP contribution in [0, 0.1) is 0 Å². The van der Waals surface area contributed by atoms with E-state index in [1.165, 1.54) is 56.9 Å². The van der Waals surface area contributed by atoms with Gasteiger partial charge in [0.05, 0.1) is 0 Å². The minimum Gasteiger partial charge on any atom is -0.315 e. The highest BCUT2D eigenvalue weighted by molar-refractivity contribution is 5.12. The summed E-state index contributed by atoms with van der Waals surface area (Å²) in [5, 5.41) is 3.25. The first-order valence-corrected chi connectivity index (χ1v) is 6.47. The lowest BCUT2D eigenvalue weighted by atomic mass is 9.94. The molecule has 1 rings (SSSR count). The maximum absolute atomic E-state index is 3.66. The van der Waals surface area contributed by atoms with E-state index in [1.807, 2.05) is 7.05 Å². The Kier molecular flexibility index (Phi) is 6.47. The van der Waals surface area contributed by atoms with Crippen LogP contribution in [-0.4, -0.2) is 13.6 Å². The maximum atomic E-state index is 3.66. The summed E-state index contributed by atoms with van der Waals surface area (Å²) < 4.78 is 0. The van der Waals surface area contributed by atoms with Gasteiger partial charge < -0.3 is 5.32 Å². The highest BCUT2D eigenvalue weighted by Gasteiger charge is 2.04. The third-order valence-electron chi connectivity index (χ3n) is 3.03. The normalized spacial score (nSPS) is 16.3. The van der Waals surface area contributed by atoms with Crippen molar-refractivity contribution >= 4 is 0 Å². The molecule has 0 aromatic heterocycles. The molecule has 15 heavy (non-hydrogen) atoms. The van der Waals surface area contributed by atoms with E-state index in [0.717, 1.165) is 6.54 Å². The van der Waals surface area contributed by atoms with Gasteiger partial charge in [-0.05, 0) is 56.7 Å². The second kappa shape index (κ2) is 7.73. The lowest BCUT2D eigenvalue weighted by Gasteiger charge is -2.12. The molecule has 0 aromatic carbocycles. The van der Waals surface area contributed by atoms with Crippen molar-refractivity contribution in [2.24, 2.45) is 0 Å². The van der Waals surface area contributed by atoms with Gasteiger partial charge in [0.25, 0.3) is 0 Å². The van der Waals surface area contributed by atoms with Gasteiger partial charge in [0.15, 0.2) is 0 Å². The van der Waals surface area contributed by atoms with Gasteiger partial charge in [-0.2, -0.15) is 0 Å². The summed E-state index contributed by atoms with van der Waals surface area (Å²) in [4.78, 5) is 0. The van der Waals surface area contributed by atoms with Crippen molar-refractivity contribution in [3.05, 3.63) is 16.9 Å². The SMILES string of the molecule is CCCCC(=C=C1CCCCC1)CNC. The second-order valence-electron chi connectivity index (χ2n) is 4.53. The summed E-state index contributed by atoms with van der Waals surface area (Å²) in [5.41, 5.74) is 6.72. The Balaban J connectivity index is 2.61. The Bertz CT molecular complexity index is 226. The van der Waals surface area contributed by atoms with Gasteiger partial charge in [0, 0.05) is 6.54 Å². The van der Waals surface area contributed by atoms with Gasteiger partial charge in [0.1, 0.15) is 0 Å². The summed E-state index contributed by atoms with van der Waals surface area (Å²) in [7, 11) is 2.03. The smallest absolute Gasteiger partial charge is 0.0237 e. The molecule has 0 heterocycles. The minimum atomic E-state index is 1.02. The van der Waals surface area contributed by atoms with Crippen molar-refractivity contribution in [3.8, 4) is 0 Å². The maximum Gasteiger partial charge on any atom is 0.0237 e. The molecule has 0 aliphatic heterocycles. The predicted octanol–water partition coefficient (Wildman–Crippen LogP) is 3.81. The third-order valence-corrected chi connectivity index (χ3v) is 3.03. The Hall–Kier alpha value is -0.520. The van der Waals surface area contributed by atoms with Crippen LogP contribution in [0.25, 0.3) is 0 Å². The molecule has 0 bridgehead atoms. The largest absolute Gasteiger partial charge is 0.315 e. The Morgan fingerprint density at radius 3 is 2.60 bits per heavy atom. The summed E-state index contributed by atoms with van der Waals surface area (Å²) in [6, 6.07) is 0. The van der Waals surface area contributed by atoms with Crippen molar-refractivity contribution < 1.29 is 0 Å². The molecule has 0 amide bonds. The molecule has 1 aliphatic carbocycles. The van der Waals surface area contributed by atoms with E-state index in [9.17, 15) is 0 Å². The molecule has 0 atom stereocenters. The van der Waals surface area contributed by atoms with E-state index in [1.54, 1.807) is 5.57 Å². The first-order chi connectivity index (χ1) is 7.36. The molecule has 1 fully saturated rings. The molecule has 1 aliphatic rings. The van der Waals surface area contributed by atoms with Crippen LogP contribution in [0.5, 0.6) is 0 Å². The molecular formula is C14H25N. The molecule has 1 nitrogen and oxygen atoms in total. The summed E-state index contributed by atoms with van der Waals surface area (Å²) >= 11 is 0. The van der Waals surface area contributed by atoms with Gasteiger partial charge in [-0.15, -0.1) is 5.73 Å². The molecule has 86 valence electrons. The van der Waals surface area contributed by atoms with Crippen LogP contribution in [0.15, 0.2) is 16.9 Å². The number of nitrogens with one attached hydrogen (secondary N) is 1. The minimum absolute atomic E-state index is 1.02. The van der Waals surface area contributed by atoms with Crippen LogP contribution in [0.1, 0.15) is 58.3 Å². The van der Waals surface area contributed by atoms with E-state index in [2.05, 4.69) is 18.0 Å². The molecule has 0 spiro atoms. The fraction of sp³-hybridized carbons (Fsp3) is 0.786. The van der Waals surface area contributed by atoms with Crippen LogP contribution in [0.4, 0.5) is 0 Å². The number of hydrogen-bond donors (Lipinski definition) is 1. The van der Waals surface area contributed by atoms with Crippen molar-refractivity contribution in [2.45, 2.75) is 58.3 Å². The highest BCUT2D eigenvalue weighted by atomic mass is 14.8. The van der Waals surface area contributed by atoms with Crippen molar-refractivity contribution in [3.63, 3.8) is 0 Å². The first-order valence-electron chi connectivity index (χ1n) is 6.47. The predicted molar refractivity (Wildman–Crippen MR) is 67.1 cm³/mol. The number of likely N-dealkylation sites (N-methyl/N-ethyl adjacent to an activating group) is 1. The Morgan fingerprint density at radius 2 is 2.00 bits per heavy atom. The van der Waals surface area contributed by atoms with Crippen LogP contribution in [0.2, 0.25) is 0 Å². The average molecular weight is 207 g/mol. The molecule has 1 N–H and O–H groups in total. The average Bonchev–Trinajstić information content (AvgIpc) is 2.28. The number of hydrogen-bond acceptors (Lipinski definition) is 1. The van der Waals surface area contributed by atoms with E-state index >= 15 is 0 Å². The number of rotatable bonds is 5. The first kappa shape index (κ1) is 12.5. The number of unbranched alkanes of at least 4 members (excludes halogenated alkanes) is 1. The highest BCUT2D eigenvalue weighted by Crippen LogP contribution is 2.22. The molecule has 0 unspecified atom stereocenters. The molecule has 1 heteroatoms. The lowest BCUT2D eigenvalue weighted by molar-refractivity contribution is 0.599. The fourth-order valence-electron chi connectivity index (χ4n) is 2.15. The lowest BCUT2D eigenvalue weighted by Crippen LogP contribution is -2.10. The van der Waals surface area contributed by atoms with Crippen LogP contribution >= 0.6 is 0 Å². The van der Waals surface area contributed by atoms with Gasteiger partial charge in [-0.25, -0.2) is 0 Å². The Morgan fingerprint density at radius 1 is 1.27 bits per heavy atom. The molecule has 1 saturated carbocycles. The van der Waals surface area contributed by atoms with Gasteiger partial charge in [0.2, 0.25) is 0 Å². The van der Waals surface area contributed by atoms with Crippen molar-refractivity contribution in [2.75, 3.05) is 13.6 Å². The molecule has 0 radical (unpaired) electrons. The topological polar surface area (TPSA) is 12.0 Å². The molecule has 0 saturated heterocycles. The van der Waals surface area contributed by atoms with Crippen molar-refractivity contribution in [1.82, 2.24) is 5.32 Å². The second-order valence-corrected chi connectivity index (χ2v) is 4.53. The zero-order chi connectivity index (χ0) is 10.9. The summed E-state index contributed by atoms with van der Waals surface area (Å²) in [6.07, 6.45) is 10.6. The summed E-state index contributed by atoms with van der Waals surface area (Å²) in [5.74, 6) is 0. The summed E-state index contributed by atoms with van der Waals surface area (Å²) in [6.45, 7) is 3.27. The quantitative estimate of drug-likeness (QED) is 0.676. The van der Waals surface area contributed by atoms with Gasteiger partial charge in [-0.3, -0.25) is 0 Å².